The van der Waals surface area contributed by atoms with Crippen LogP contribution in [0.3, 0.4) is 0 Å². The van der Waals surface area contributed by atoms with E-state index >= 15 is 0 Å². The molecule has 0 spiro atoms. The molecule has 1 saturated heterocycles. The monoisotopic (exact) mass is 342 g/mol. The minimum absolute atomic E-state index is 0.0404. The molecule has 0 N–H and O–H groups in total. The van der Waals surface area contributed by atoms with E-state index in [2.05, 4.69) is 5.10 Å². The Balaban J connectivity index is 1.66. The number of ether oxygens (including phenoxy) is 1. The summed E-state index contributed by atoms with van der Waals surface area (Å²) in [5.74, 6) is -0.0404. The Labute approximate surface area is 146 Å². The summed E-state index contributed by atoms with van der Waals surface area (Å²) in [6.45, 7) is 4.50. The normalized spacial score (nSPS) is 14.5. The molecule has 1 aromatic carbocycles. The standard InChI is InChI=1S/C18H22N4O3/c1-14-16(12-19-22(14)13-15-6-4-3-5-7-15)17(23)20-8-10-21(11-9-20)18(24)25-2/h3-7,12H,8-11,13H2,1-2H3. The maximum Gasteiger partial charge on any atom is 0.409 e. The van der Waals surface area contributed by atoms with Crippen LogP contribution >= 0.6 is 0 Å². The lowest BCUT2D eigenvalue weighted by Gasteiger charge is -2.33. The average Bonchev–Trinajstić information content (AvgIpc) is 3.02. The van der Waals surface area contributed by atoms with Gasteiger partial charge < -0.3 is 14.5 Å². The Morgan fingerprint density at radius 1 is 1.08 bits per heavy atom. The number of carbonyl (C=O) groups is 2. The number of amides is 2. The molecule has 1 fully saturated rings. The van der Waals surface area contributed by atoms with E-state index in [4.69, 9.17) is 4.74 Å². The predicted octanol–water partition coefficient (Wildman–Crippen LogP) is 1.76. The highest BCUT2D eigenvalue weighted by Gasteiger charge is 2.27. The lowest BCUT2D eigenvalue weighted by Crippen LogP contribution is -2.50. The topological polar surface area (TPSA) is 67.7 Å². The number of aromatic nitrogens is 2. The van der Waals surface area contributed by atoms with E-state index in [-0.39, 0.29) is 12.0 Å². The van der Waals surface area contributed by atoms with Gasteiger partial charge in [-0.05, 0) is 12.5 Å². The van der Waals surface area contributed by atoms with Crippen molar-refractivity contribution in [2.75, 3.05) is 33.3 Å². The van der Waals surface area contributed by atoms with Crippen LogP contribution < -0.4 is 0 Å². The number of methoxy groups -OCH3 is 1. The van der Waals surface area contributed by atoms with Gasteiger partial charge in [0, 0.05) is 31.9 Å². The van der Waals surface area contributed by atoms with E-state index < -0.39 is 0 Å². The number of nitrogens with zero attached hydrogens (tertiary/aromatic N) is 4. The highest BCUT2D eigenvalue weighted by Crippen LogP contribution is 2.14. The van der Waals surface area contributed by atoms with Gasteiger partial charge in [0.25, 0.3) is 5.91 Å². The van der Waals surface area contributed by atoms with Gasteiger partial charge in [0.05, 0.1) is 25.4 Å². The van der Waals surface area contributed by atoms with E-state index in [0.29, 0.717) is 38.3 Å². The Hall–Kier alpha value is -2.83. The van der Waals surface area contributed by atoms with Crippen LogP contribution in [0.25, 0.3) is 0 Å². The van der Waals surface area contributed by atoms with Crippen LogP contribution in [0.1, 0.15) is 21.6 Å². The van der Waals surface area contributed by atoms with Gasteiger partial charge in [-0.1, -0.05) is 30.3 Å². The maximum absolute atomic E-state index is 12.8. The summed E-state index contributed by atoms with van der Waals surface area (Å²) in [5.41, 5.74) is 2.60. The second-order valence-corrected chi connectivity index (χ2v) is 6.04. The van der Waals surface area contributed by atoms with Crippen LogP contribution in [-0.4, -0.2) is 64.9 Å². The van der Waals surface area contributed by atoms with Crippen LogP contribution in [0, 0.1) is 6.92 Å². The van der Waals surface area contributed by atoms with Crippen molar-refractivity contribution in [2.45, 2.75) is 13.5 Å². The van der Waals surface area contributed by atoms with Gasteiger partial charge in [-0.25, -0.2) is 4.79 Å². The number of carbonyl (C=O) groups excluding carboxylic acids is 2. The van der Waals surface area contributed by atoms with Crippen molar-refractivity contribution in [1.82, 2.24) is 19.6 Å². The summed E-state index contributed by atoms with van der Waals surface area (Å²) in [6.07, 6.45) is 1.28. The second-order valence-electron chi connectivity index (χ2n) is 6.04. The molecule has 132 valence electrons. The smallest absolute Gasteiger partial charge is 0.409 e. The summed E-state index contributed by atoms with van der Waals surface area (Å²) >= 11 is 0. The molecule has 7 heteroatoms. The Morgan fingerprint density at radius 3 is 2.36 bits per heavy atom. The van der Waals surface area contributed by atoms with Crippen LogP contribution in [0.5, 0.6) is 0 Å². The summed E-state index contributed by atoms with van der Waals surface area (Å²) < 4.78 is 6.56. The molecule has 0 unspecified atom stereocenters. The quantitative estimate of drug-likeness (QED) is 0.852. The van der Waals surface area contributed by atoms with E-state index in [1.807, 2.05) is 41.9 Å². The molecule has 7 nitrogen and oxygen atoms in total. The van der Waals surface area contributed by atoms with Gasteiger partial charge in [0.15, 0.2) is 0 Å². The largest absolute Gasteiger partial charge is 0.453 e. The zero-order chi connectivity index (χ0) is 17.8. The molecule has 0 radical (unpaired) electrons. The highest BCUT2D eigenvalue weighted by atomic mass is 16.5. The Bertz CT molecular complexity index is 749. The summed E-state index contributed by atoms with van der Waals surface area (Å²) in [6, 6.07) is 10.0. The molecular weight excluding hydrogens is 320 g/mol. The molecule has 2 aromatic rings. The van der Waals surface area contributed by atoms with Gasteiger partial charge >= 0.3 is 6.09 Å². The summed E-state index contributed by atoms with van der Waals surface area (Å²) in [7, 11) is 1.37. The van der Waals surface area contributed by atoms with Gasteiger partial charge in [0.1, 0.15) is 0 Å². The minimum atomic E-state index is -0.348. The Morgan fingerprint density at radius 2 is 1.72 bits per heavy atom. The van der Waals surface area contributed by atoms with Crippen molar-refractivity contribution < 1.29 is 14.3 Å². The first-order chi connectivity index (χ1) is 12.1. The molecular formula is C18H22N4O3. The molecule has 0 aliphatic carbocycles. The van der Waals surface area contributed by atoms with E-state index in [9.17, 15) is 9.59 Å². The molecule has 2 heterocycles. The lowest BCUT2D eigenvalue weighted by molar-refractivity contribution is 0.0599. The van der Waals surface area contributed by atoms with Crippen molar-refractivity contribution in [1.29, 1.82) is 0 Å². The van der Waals surface area contributed by atoms with Crippen LogP contribution in [0.15, 0.2) is 36.5 Å². The molecule has 1 aliphatic rings. The van der Waals surface area contributed by atoms with Crippen molar-refractivity contribution in [3.05, 3.63) is 53.3 Å². The number of piperazine rings is 1. The van der Waals surface area contributed by atoms with E-state index in [1.165, 1.54) is 7.11 Å². The number of hydrogen-bond acceptors (Lipinski definition) is 4. The molecule has 1 aliphatic heterocycles. The van der Waals surface area contributed by atoms with Crippen molar-refractivity contribution in [3.8, 4) is 0 Å². The fourth-order valence-electron chi connectivity index (χ4n) is 2.96. The van der Waals surface area contributed by atoms with Gasteiger partial charge in [-0.2, -0.15) is 5.10 Å². The molecule has 2 amide bonds. The summed E-state index contributed by atoms with van der Waals surface area (Å²) in [4.78, 5) is 27.7. The van der Waals surface area contributed by atoms with E-state index in [1.54, 1.807) is 16.0 Å². The van der Waals surface area contributed by atoms with Gasteiger partial charge in [-0.15, -0.1) is 0 Å². The first-order valence-electron chi connectivity index (χ1n) is 8.28. The third-order valence-corrected chi connectivity index (χ3v) is 4.51. The summed E-state index contributed by atoms with van der Waals surface area (Å²) in [5, 5.41) is 4.37. The second kappa shape index (κ2) is 7.38. The van der Waals surface area contributed by atoms with Gasteiger partial charge in [0.2, 0.25) is 0 Å². The number of rotatable bonds is 3. The Kier molecular flexibility index (Phi) is 5.02. The molecule has 25 heavy (non-hydrogen) atoms. The van der Waals surface area contributed by atoms with Gasteiger partial charge in [-0.3, -0.25) is 9.48 Å². The van der Waals surface area contributed by atoms with Crippen LogP contribution in [0.4, 0.5) is 4.79 Å². The molecule has 3 rings (SSSR count). The average molecular weight is 342 g/mol. The molecule has 0 bridgehead atoms. The predicted molar refractivity (Wildman–Crippen MR) is 92.4 cm³/mol. The van der Waals surface area contributed by atoms with E-state index in [0.717, 1.165) is 11.3 Å². The van der Waals surface area contributed by atoms with Crippen LogP contribution in [0.2, 0.25) is 0 Å². The fraction of sp³-hybridized carbons (Fsp3) is 0.389. The lowest BCUT2D eigenvalue weighted by atomic mass is 10.2. The number of benzene rings is 1. The third kappa shape index (κ3) is 3.65. The zero-order valence-electron chi connectivity index (χ0n) is 14.5. The van der Waals surface area contributed by atoms with Crippen LogP contribution in [-0.2, 0) is 11.3 Å². The zero-order valence-corrected chi connectivity index (χ0v) is 14.5. The first kappa shape index (κ1) is 17.0. The van der Waals surface area contributed by atoms with Crippen molar-refractivity contribution in [3.63, 3.8) is 0 Å². The molecule has 0 atom stereocenters. The van der Waals surface area contributed by atoms with Crippen molar-refractivity contribution >= 4 is 12.0 Å². The maximum atomic E-state index is 12.8. The SMILES string of the molecule is COC(=O)N1CCN(C(=O)c2cnn(Cc3ccccc3)c2C)CC1. The molecule has 0 saturated carbocycles. The fourth-order valence-corrected chi connectivity index (χ4v) is 2.96. The minimum Gasteiger partial charge on any atom is -0.453 e. The third-order valence-electron chi connectivity index (χ3n) is 4.51. The number of hydrogen-bond donors (Lipinski definition) is 0. The van der Waals surface area contributed by atoms with Crippen molar-refractivity contribution in [2.24, 2.45) is 0 Å². The molecule has 1 aromatic heterocycles. The first-order valence-corrected chi connectivity index (χ1v) is 8.28. The highest BCUT2D eigenvalue weighted by molar-refractivity contribution is 5.95.